The van der Waals surface area contributed by atoms with E-state index in [-0.39, 0.29) is 0 Å². The molecule has 0 saturated carbocycles. The number of benzene rings is 1. The van der Waals surface area contributed by atoms with Crippen molar-refractivity contribution in [2.45, 2.75) is 6.54 Å². The van der Waals surface area contributed by atoms with Gasteiger partial charge in [-0.1, -0.05) is 29.9 Å². The highest BCUT2D eigenvalue weighted by Gasteiger charge is 2.13. The summed E-state index contributed by atoms with van der Waals surface area (Å²) in [5.74, 6) is 0. The molecule has 0 atom stereocenters. The first-order valence-corrected chi connectivity index (χ1v) is 7.97. The number of anilines is 1. The summed E-state index contributed by atoms with van der Waals surface area (Å²) in [6.07, 6.45) is 0. The fraction of sp³-hybridized carbons (Fsp3) is 0.154. The third kappa shape index (κ3) is 3.48. The Morgan fingerprint density at radius 3 is 2.84 bits per heavy atom. The van der Waals surface area contributed by atoms with Crippen molar-refractivity contribution in [3.05, 3.63) is 49.6 Å². The molecule has 100 valence electrons. The molecule has 1 aromatic heterocycles. The standard InChI is InChI=1S/C13H12BrClN2S2/c1-17(6-8-5-11(14)19-7-8)10-4-2-3-9(15)12(10)13(16)18/h2-5,7H,6H2,1H3,(H2,16,18). The zero-order valence-electron chi connectivity index (χ0n) is 10.2. The van der Waals surface area contributed by atoms with E-state index in [2.05, 4.69) is 32.3 Å². The Hall–Kier alpha value is -0.620. The summed E-state index contributed by atoms with van der Waals surface area (Å²) in [4.78, 5) is 2.41. The Morgan fingerprint density at radius 2 is 2.26 bits per heavy atom. The Bertz CT molecular complexity index is 612. The molecule has 0 bridgehead atoms. The highest BCUT2D eigenvalue weighted by molar-refractivity contribution is 9.11. The van der Waals surface area contributed by atoms with Crippen LogP contribution in [0.15, 0.2) is 33.4 Å². The van der Waals surface area contributed by atoms with Crippen molar-refractivity contribution in [3.8, 4) is 0 Å². The van der Waals surface area contributed by atoms with Crippen LogP contribution in [-0.2, 0) is 6.54 Å². The summed E-state index contributed by atoms with van der Waals surface area (Å²) in [5, 5.41) is 2.70. The van der Waals surface area contributed by atoms with Gasteiger partial charge in [-0.25, -0.2) is 0 Å². The molecule has 0 saturated heterocycles. The third-order valence-electron chi connectivity index (χ3n) is 2.69. The van der Waals surface area contributed by atoms with Crippen molar-refractivity contribution >= 4 is 61.8 Å². The minimum absolute atomic E-state index is 0.318. The first-order chi connectivity index (χ1) is 8.99. The zero-order chi connectivity index (χ0) is 14.0. The van der Waals surface area contributed by atoms with E-state index in [1.165, 1.54) is 5.56 Å². The van der Waals surface area contributed by atoms with Crippen LogP contribution in [0.1, 0.15) is 11.1 Å². The number of thiocarbonyl (C=S) groups is 1. The maximum Gasteiger partial charge on any atom is 0.107 e. The molecule has 0 aliphatic carbocycles. The molecule has 0 radical (unpaired) electrons. The van der Waals surface area contributed by atoms with Crippen molar-refractivity contribution in [2.75, 3.05) is 11.9 Å². The van der Waals surface area contributed by atoms with Crippen LogP contribution >= 0.6 is 51.1 Å². The minimum atomic E-state index is 0.318. The summed E-state index contributed by atoms with van der Waals surface area (Å²) in [6.45, 7) is 0.776. The van der Waals surface area contributed by atoms with Crippen molar-refractivity contribution < 1.29 is 0 Å². The first kappa shape index (κ1) is 14.8. The lowest BCUT2D eigenvalue weighted by Gasteiger charge is -2.22. The van der Waals surface area contributed by atoms with E-state index in [4.69, 9.17) is 29.6 Å². The van der Waals surface area contributed by atoms with Gasteiger partial charge in [-0.2, -0.15) is 0 Å². The SMILES string of the molecule is CN(Cc1csc(Br)c1)c1cccc(Cl)c1C(N)=S. The number of hydrogen-bond acceptors (Lipinski definition) is 3. The van der Waals surface area contributed by atoms with E-state index < -0.39 is 0 Å². The van der Waals surface area contributed by atoms with E-state index in [1.54, 1.807) is 17.4 Å². The summed E-state index contributed by atoms with van der Waals surface area (Å²) in [5.41, 5.74) is 8.67. The quantitative estimate of drug-likeness (QED) is 0.801. The second-order valence-corrected chi connectivity index (χ2v) is 7.25. The van der Waals surface area contributed by atoms with Crippen molar-refractivity contribution in [2.24, 2.45) is 5.73 Å². The van der Waals surface area contributed by atoms with Gasteiger partial charge in [-0.3, -0.25) is 0 Å². The predicted molar refractivity (Wildman–Crippen MR) is 91.5 cm³/mol. The lowest BCUT2D eigenvalue weighted by molar-refractivity contribution is 0.926. The lowest BCUT2D eigenvalue weighted by atomic mass is 10.1. The van der Waals surface area contributed by atoms with Crippen LogP contribution in [0.2, 0.25) is 5.02 Å². The van der Waals surface area contributed by atoms with Gasteiger partial charge in [0.1, 0.15) is 4.99 Å². The highest BCUT2D eigenvalue weighted by Crippen LogP contribution is 2.29. The second kappa shape index (κ2) is 6.22. The van der Waals surface area contributed by atoms with Crippen molar-refractivity contribution in [1.82, 2.24) is 0 Å². The average Bonchev–Trinajstić information content (AvgIpc) is 2.73. The van der Waals surface area contributed by atoms with Crippen LogP contribution in [-0.4, -0.2) is 12.0 Å². The van der Waals surface area contributed by atoms with Crippen LogP contribution in [0.3, 0.4) is 0 Å². The highest BCUT2D eigenvalue weighted by atomic mass is 79.9. The van der Waals surface area contributed by atoms with Gasteiger partial charge in [0.2, 0.25) is 0 Å². The minimum Gasteiger partial charge on any atom is -0.389 e. The smallest absolute Gasteiger partial charge is 0.107 e. The number of thiophene rings is 1. The maximum atomic E-state index is 6.18. The van der Waals surface area contributed by atoms with Gasteiger partial charge < -0.3 is 10.6 Å². The van der Waals surface area contributed by atoms with Crippen LogP contribution in [0.25, 0.3) is 0 Å². The summed E-state index contributed by atoms with van der Waals surface area (Å²) < 4.78 is 1.12. The third-order valence-corrected chi connectivity index (χ3v) is 4.76. The van der Waals surface area contributed by atoms with Crippen LogP contribution in [0.5, 0.6) is 0 Å². The van der Waals surface area contributed by atoms with Gasteiger partial charge >= 0.3 is 0 Å². The Kier molecular flexibility index (Phi) is 4.84. The number of halogens is 2. The molecule has 0 fully saturated rings. The maximum absolute atomic E-state index is 6.18. The molecule has 1 aromatic carbocycles. The normalized spacial score (nSPS) is 10.5. The fourth-order valence-electron chi connectivity index (χ4n) is 1.86. The number of nitrogens with two attached hydrogens (primary N) is 1. The second-order valence-electron chi connectivity index (χ2n) is 4.11. The molecule has 2 aromatic rings. The van der Waals surface area contributed by atoms with Gasteiger partial charge in [0.25, 0.3) is 0 Å². The Labute approximate surface area is 135 Å². The van der Waals surface area contributed by atoms with Crippen molar-refractivity contribution in [1.29, 1.82) is 0 Å². The topological polar surface area (TPSA) is 29.3 Å². The Balaban J connectivity index is 2.31. The van der Waals surface area contributed by atoms with Crippen LogP contribution in [0.4, 0.5) is 5.69 Å². The summed E-state index contributed by atoms with van der Waals surface area (Å²) >= 11 is 16.4. The van der Waals surface area contributed by atoms with Gasteiger partial charge in [-0.05, 0) is 45.1 Å². The molecule has 0 amide bonds. The molecular weight excluding hydrogens is 364 g/mol. The molecule has 0 spiro atoms. The largest absolute Gasteiger partial charge is 0.389 e. The molecular formula is C13H12BrClN2S2. The van der Waals surface area contributed by atoms with Gasteiger partial charge in [0, 0.05) is 19.3 Å². The van der Waals surface area contributed by atoms with Gasteiger partial charge in [0.15, 0.2) is 0 Å². The summed E-state index contributed by atoms with van der Waals surface area (Å²) in [7, 11) is 2.00. The average molecular weight is 376 g/mol. The molecule has 0 unspecified atom stereocenters. The number of nitrogens with zero attached hydrogens (tertiary/aromatic N) is 1. The molecule has 1 heterocycles. The predicted octanol–water partition coefficient (Wildman–Crippen LogP) is 4.43. The molecule has 2 N–H and O–H groups in total. The fourth-order valence-corrected chi connectivity index (χ4v) is 3.60. The first-order valence-electron chi connectivity index (χ1n) is 5.51. The van der Waals surface area contributed by atoms with Crippen LogP contribution < -0.4 is 10.6 Å². The van der Waals surface area contributed by atoms with E-state index in [1.807, 2.05) is 19.2 Å². The molecule has 0 aliphatic rings. The molecule has 6 heteroatoms. The van der Waals surface area contributed by atoms with Crippen LogP contribution in [0, 0.1) is 0 Å². The van der Waals surface area contributed by atoms with E-state index in [0.29, 0.717) is 10.0 Å². The number of hydrogen-bond donors (Lipinski definition) is 1. The molecule has 19 heavy (non-hydrogen) atoms. The summed E-state index contributed by atoms with van der Waals surface area (Å²) in [6, 6.07) is 7.78. The van der Waals surface area contributed by atoms with Gasteiger partial charge in [-0.15, -0.1) is 11.3 Å². The molecule has 0 aliphatic heterocycles. The lowest BCUT2D eigenvalue weighted by Crippen LogP contribution is -2.21. The van der Waals surface area contributed by atoms with Crippen molar-refractivity contribution in [3.63, 3.8) is 0 Å². The monoisotopic (exact) mass is 374 g/mol. The van der Waals surface area contributed by atoms with Gasteiger partial charge in [0.05, 0.1) is 14.4 Å². The molecule has 2 nitrogen and oxygen atoms in total. The van der Waals surface area contributed by atoms with E-state index >= 15 is 0 Å². The molecule has 2 rings (SSSR count). The Morgan fingerprint density at radius 1 is 1.53 bits per heavy atom. The van der Waals surface area contributed by atoms with E-state index in [9.17, 15) is 0 Å². The number of rotatable bonds is 4. The van der Waals surface area contributed by atoms with E-state index in [0.717, 1.165) is 21.6 Å². The zero-order valence-corrected chi connectivity index (χ0v) is 14.2.